The Labute approximate surface area is 166 Å². The standard InChI is InChI=1S/C19H17Cl2NO3S/c20-18-13(5-7-17(23)24)4-6-16(19(18)21)26-15-3-1-2-14(12-15)22-8-10-25-11-9-22/h1-7,12H,8-11H2,(H,23,24)/b7-5+. The third kappa shape index (κ3) is 4.74. The van der Waals surface area contributed by atoms with Gasteiger partial charge in [-0.05, 0) is 35.9 Å². The molecule has 1 aliphatic rings. The Kier molecular flexibility index (Phi) is 6.48. The molecule has 0 aliphatic carbocycles. The number of rotatable bonds is 5. The van der Waals surface area contributed by atoms with E-state index in [-0.39, 0.29) is 0 Å². The first-order valence-corrected chi connectivity index (χ1v) is 9.61. The topological polar surface area (TPSA) is 49.8 Å². The van der Waals surface area contributed by atoms with Gasteiger partial charge in [0, 0.05) is 34.6 Å². The fraction of sp³-hybridized carbons (Fsp3) is 0.211. The number of hydrogen-bond donors (Lipinski definition) is 1. The number of carboxylic acid groups (broad SMARTS) is 1. The molecule has 2 aromatic carbocycles. The third-order valence-corrected chi connectivity index (χ3v) is 5.96. The van der Waals surface area contributed by atoms with E-state index in [0.717, 1.165) is 47.9 Å². The lowest BCUT2D eigenvalue weighted by Crippen LogP contribution is -2.36. The number of ether oxygens (including phenoxy) is 1. The van der Waals surface area contributed by atoms with Crippen LogP contribution in [-0.2, 0) is 9.53 Å². The fourth-order valence-corrected chi connectivity index (χ4v) is 4.09. The van der Waals surface area contributed by atoms with Gasteiger partial charge in [-0.25, -0.2) is 4.79 Å². The van der Waals surface area contributed by atoms with E-state index < -0.39 is 5.97 Å². The van der Waals surface area contributed by atoms with Crippen molar-refractivity contribution in [3.63, 3.8) is 0 Å². The Morgan fingerprint density at radius 3 is 2.65 bits per heavy atom. The molecule has 1 aliphatic heterocycles. The minimum Gasteiger partial charge on any atom is -0.478 e. The molecule has 26 heavy (non-hydrogen) atoms. The van der Waals surface area contributed by atoms with Crippen LogP contribution < -0.4 is 4.90 Å². The zero-order chi connectivity index (χ0) is 18.5. The molecule has 1 N–H and O–H groups in total. The van der Waals surface area contributed by atoms with Crippen molar-refractivity contribution >= 4 is 52.7 Å². The molecule has 1 saturated heterocycles. The number of carboxylic acids is 1. The van der Waals surface area contributed by atoms with E-state index in [4.69, 9.17) is 33.0 Å². The number of nitrogens with zero attached hydrogens (tertiary/aromatic N) is 1. The molecule has 4 nitrogen and oxygen atoms in total. The van der Waals surface area contributed by atoms with E-state index in [9.17, 15) is 4.79 Å². The smallest absolute Gasteiger partial charge is 0.328 e. The molecule has 0 radical (unpaired) electrons. The molecule has 0 bridgehead atoms. The Morgan fingerprint density at radius 2 is 1.92 bits per heavy atom. The average Bonchev–Trinajstić information content (AvgIpc) is 2.66. The second-order valence-corrected chi connectivity index (χ2v) is 7.52. The van der Waals surface area contributed by atoms with Gasteiger partial charge in [0.2, 0.25) is 0 Å². The second-order valence-electron chi connectivity index (χ2n) is 5.65. The maximum atomic E-state index is 10.7. The fourth-order valence-electron chi connectivity index (χ4n) is 2.61. The molecule has 7 heteroatoms. The van der Waals surface area contributed by atoms with Crippen LogP contribution in [0.5, 0.6) is 0 Å². The van der Waals surface area contributed by atoms with Crippen molar-refractivity contribution in [2.75, 3.05) is 31.2 Å². The molecule has 0 spiro atoms. The Balaban J connectivity index is 1.80. The normalized spacial score (nSPS) is 14.8. The zero-order valence-electron chi connectivity index (χ0n) is 13.8. The van der Waals surface area contributed by atoms with E-state index in [1.54, 1.807) is 6.07 Å². The number of halogens is 2. The summed E-state index contributed by atoms with van der Waals surface area (Å²) in [5.74, 6) is -1.03. The number of benzene rings is 2. The molecule has 136 valence electrons. The second kappa shape index (κ2) is 8.82. The number of aliphatic carboxylic acids is 1. The van der Waals surface area contributed by atoms with Crippen LogP contribution in [0.3, 0.4) is 0 Å². The summed E-state index contributed by atoms with van der Waals surface area (Å²) in [6.45, 7) is 3.24. The summed E-state index contributed by atoms with van der Waals surface area (Å²) in [5.41, 5.74) is 1.73. The van der Waals surface area contributed by atoms with E-state index >= 15 is 0 Å². The van der Waals surface area contributed by atoms with Gasteiger partial charge in [0.25, 0.3) is 0 Å². The highest BCUT2D eigenvalue weighted by molar-refractivity contribution is 7.99. The van der Waals surface area contributed by atoms with Crippen LogP contribution in [0.25, 0.3) is 6.08 Å². The van der Waals surface area contributed by atoms with E-state index in [0.29, 0.717) is 15.6 Å². The zero-order valence-corrected chi connectivity index (χ0v) is 16.2. The van der Waals surface area contributed by atoms with Crippen LogP contribution >= 0.6 is 35.0 Å². The summed E-state index contributed by atoms with van der Waals surface area (Å²) in [5, 5.41) is 9.50. The molecule has 1 heterocycles. The van der Waals surface area contributed by atoms with Crippen molar-refractivity contribution in [3.05, 3.63) is 58.1 Å². The first-order valence-electron chi connectivity index (χ1n) is 8.04. The lowest BCUT2D eigenvalue weighted by Gasteiger charge is -2.29. The van der Waals surface area contributed by atoms with Crippen molar-refractivity contribution in [1.29, 1.82) is 0 Å². The minimum absolute atomic E-state index is 0.346. The van der Waals surface area contributed by atoms with Gasteiger partial charge < -0.3 is 14.7 Å². The van der Waals surface area contributed by atoms with Gasteiger partial charge in [-0.3, -0.25) is 0 Å². The van der Waals surface area contributed by atoms with Crippen LogP contribution in [-0.4, -0.2) is 37.4 Å². The Bertz CT molecular complexity index is 836. The monoisotopic (exact) mass is 409 g/mol. The summed E-state index contributed by atoms with van der Waals surface area (Å²) in [7, 11) is 0. The summed E-state index contributed by atoms with van der Waals surface area (Å²) in [6.07, 6.45) is 2.47. The van der Waals surface area contributed by atoms with Crippen molar-refractivity contribution in [2.24, 2.45) is 0 Å². The molecular weight excluding hydrogens is 393 g/mol. The third-order valence-electron chi connectivity index (χ3n) is 3.90. The summed E-state index contributed by atoms with van der Waals surface area (Å²) in [4.78, 5) is 14.8. The number of carbonyl (C=O) groups is 1. The van der Waals surface area contributed by atoms with Gasteiger partial charge in [0.15, 0.2) is 0 Å². The molecule has 1 fully saturated rings. The highest BCUT2D eigenvalue weighted by atomic mass is 35.5. The van der Waals surface area contributed by atoms with Crippen LogP contribution in [0.1, 0.15) is 5.56 Å². The Morgan fingerprint density at radius 1 is 1.15 bits per heavy atom. The van der Waals surface area contributed by atoms with Crippen LogP contribution in [0, 0.1) is 0 Å². The van der Waals surface area contributed by atoms with Gasteiger partial charge in [-0.15, -0.1) is 0 Å². The van der Waals surface area contributed by atoms with Crippen LogP contribution in [0.2, 0.25) is 10.0 Å². The van der Waals surface area contributed by atoms with Crippen LogP contribution in [0.4, 0.5) is 5.69 Å². The molecular formula is C19H17Cl2NO3S. The minimum atomic E-state index is -1.03. The van der Waals surface area contributed by atoms with Crippen molar-refractivity contribution in [1.82, 2.24) is 0 Å². The average molecular weight is 410 g/mol. The van der Waals surface area contributed by atoms with Gasteiger partial charge in [0.05, 0.1) is 23.3 Å². The highest BCUT2D eigenvalue weighted by Gasteiger charge is 2.13. The van der Waals surface area contributed by atoms with Gasteiger partial charge in [-0.1, -0.05) is 47.1 Å². The summed E-state index contributed by atoms with van der Waals surface area (Å²) >= 11 is 14.2. The van der Waals surface area contributed by atoms with E-state index in [2.05, 4.69) is 17.0 Å². The SMILES string of the molecule is O=C(O)/C=C/c1ccc(Sc2cccc(N3CCOCC3)c2)c(Cl)c1Cl. The lowest BCUT2D eigenvalue weighted by atomic mass is 10.2. The summed E-state index contributed by atoms with van der Waals surface area (Å²) < 4.78 is 5.40. The maximum Gasteiger partial charge on any atom is 0.328 e. The summed E-state index contributed by atoms with van der Waals surface area (Å²) in [6, 6.07) is 11.9. The lowest BCUT2D eigenvalue weighted by molar-refractivity contribution is -0.131. The quantitative estimate of drug-likeness (QED) is 0.697. The predicted octanol–water partition coefficient (Wildman–Crippen LogP) is 5.08. The molecule has 0 saturated carbocycles. The first kappa shape index (κ1) is 19.1. The maximum absolute atomic E-state index is 10.7. The first-order chi connectivity index (χ1) is 12.5. The van der Waals surface area contributed by atoms with E-state index in [1.807, 2.05) is 18.2 Å². The van der Waals surface area contributed by atoms with Gasteiger partial charge >= 0.3 is 5.97 Å². The number of morpholine rings is 1. The number of anilines is 1. The van der Waals surface area contributed by atoms with Crippen molar-refractivity contribution in [2.45, 2.75) is 9.79 Å². The van der Waals surface area contributed by atoms with E-state index in [1.165, 1.54) is 17.8 Å². The highest BCUT2D eigenvalue weighted by Crippen LogP contribution is 2.40. The number of hydrogen-bond acceptors (Lipinski definition) is 4. The molecule has 0 amide bonds. The molecule has 0 atom stereocenters. The van der Waals surface area contributed by atoms with Gasteiger partial charge in [0.1, 0.15) is 0 Å². The van der Waals surface area contributed by atoms with Gasteiger partial charge in [-0.2, -0.15) is 0 Å². The molecule has 2 aromatic rings. The van der Waals surface area contributed by atoms with Crippen molar-refractivity contribution in [3.8, 4) is 0 Å². The molecule has 0 unspecified atom stereocenters. The molecule has 0 aromatic heterocycles. The predicted molar refractivity (Wildman–Crippen MR) is 107 cm³/mol. The Hall–Kier alpha value is -1.66. The molecule has 3 rings (SSSR count). The largest absolute Gasteiger partial charge is 0.478 e. The van der Waals surface area contributed by atoms with Crippen LogP contribution in [0.15, 0.2) is 52.3 Å². The van der Waals surface area contributed by atoms with Crippen molar-refractivity contribution < 1.29 is 14.6 Å².